The van der Waals surface area contributed by atoms with E-state index in [2.05, 4.69) is 22.2 Å². The van der Waals surface area contributed by atoms with Gasteiger partial charge < -0.3 is 19.9 Å². The summed E-state index contributed by atoms with van der Waals surface area (Å²) in [7, 11) is 2.12. The van der Waals surface area contributed by atoms with Crippen molar-refractivity contribution in [2.75, 3.05) is 20.1 Å². The minimum atomic E-state index is -0.628. The van der Waals surface area contributed by atoms with Gasteiger partial charge in [0.2, 0.25) is 5.91 Å². The van der Waals surface area contributed by atoms with Crippen LogP contribution in [0.25, 0.3) is 0 Å². The number of likely N-dealkylation sites (N-methyl/N-ethyl adjacent to an activating group) is 1. The summed E-state index contributed by atoms with van der Waals surface area (Å²) in [6, 6.07) is 0.664. The molecule has 2 atom stereocenters. The third-order valence-corrected chi connectivity index (χ3v) is 4.71. The van der Waals surface area contributed by atoms with E-state index in [1.807, 2.05) is 34.6 Å². The quantitative estimate of drug-likeness (QED) is 0.857. The number of alkyl carbamates (subject to hydrolysis) is 1. The second kappa shape index (κ2) is 6.90. The lowest BCUT2D eigenvalue weighted by atomic mass is 9.99. The molecule has 6 nitrogen and oxygen atoms in total. The Morgan fingerprint density at radius 2 is 1.71 bits per heavy atom. The highest BCUT2D eigenvalue weighted by Gasteiger charge is 2.41. The van der Waals surface area contributed by atoms with Crippen LogP contribution in [0.1, 0.15) is 60.3 Å². The number of ether oxygens (including phenoxy) is 1. The second-order valence-corrected chi connectivity index (χ2v) is 8.92. The molecule has 138 valence electrons. The zero-order valence-corrected chi connectivity index (χ0v) is 16.0. The Morgan fingerprint density at radius 3 is 2.33 bits per heavy atom. The van der Waals surface area contributed by atoms with Crippen molar-refractivity contribution in [1.29, 1.82) is 0 Å². The van der Waals surface area contributed by atoms with Crippen molar-refractivity contribution in [3.05, 3.63) is 0 Å². The summed E-state index contributed by atoms with van der Waals surface area (Å²) < 4.78 is 5.31. The number of nitrogens with one attached hydrogen (secondary N) is 1. The van der Waals surface area contributed by atoms with Crippen LogP contribution in [0.4, 0.5) is 4.79 Å². The fraction of sp³-hybridized carbons (Fsp3) is 0.889. The third-order valence-electron chi connectivity index (χ3n) is 4.71. The Labute approximate surface area is 145 Å². The average Bonchev–Trinajstić information content (AvgIpc) is 2.65. The molecule has 0 radical (unpaired) electrons. The van der Waals surface area contributed by atoms with E-state index < -0.39 is 17.2 Å². The zero-order valence-electron chi connectivity index (χ0n) is 16.0. The van der Waals surface area contributed by atoms with Gasteiger partial charge >= 0.3 is 6.09 Å². The Balaban J connectivity index is 1.96. The van der Waals surface area contributed by atoms with E-state index in [1.54, 1.807) is 0 Å². The van der Waals surface area contributed by atoms with Gasteiger partial charge in [0.1, 0.15) is 5.60 Å². The summed E-state index contributed by atoms with van der Waals surface area (Å²) in [5, 5.41) is 2.84. The number of likely N-dealkylation sites (tertiary alicyclic amines) is 1. The monoisotopic (exact) mass is 339 g/mol. The van der Waals surface area contributed by atoms with Crippen LogP contribution in [-0.4, -0.2) is 65.2 Å². The lowest BCUT2D eigenvalue weighted by Gasteiger charge is -2.33. The van der Waals surface area contributed by atoms with E-state index in [0.29, 0.717) is 18.5 Å². The molecule has 6 heteroatoms. The molecule has 0 aromatic carbocycles. The van der Waals surface area contributed by atoms with Crippen LogP contribution in [0.2, 0.25) is 0 Å². The van der Waals surface area contributed by atoms with E-state index in [0.717, 1.165) is 32.4 Å². The number of amides is 2. The summed E-state index contributed by atoms with van der Waals surface area (Å²) in [6.07, 6.45) is 3.05. The highest BCUT2D eigenvalue weighted by atomic mass is 16.6. The zero-order chi connectivity index (χ0) is 18.1. The largest absolute Gasteiger partial charge is 0.444 e. The molecule has 24 heavy (non-hydrogen) atoms. The number of hydrogen-bond donors (Lipinski definition) is 1. The number of hydrogen-bond acceptors (Lipinski definition) is 4. The Bertz CT molecular complexity index is 484. The molecule has 2 aliphatic heterocycles. The van der Waals surface area contributed by atoms with E-state index >= 15 is 0 Å². The van der Waals surface area contributed by atoms with Gasteiger partial charge in [-0.15, -0.1) is 0 Å². The summed E-state index contributed by atoms with van der Waals surface area (Å²) in [6.45, 7) is 11.2. The van der Waals surface area contributed by atoms with E-state index in [-0.39, 0.29) is 5.91 Å². The van der Waals surface area contributed by atoms with Crippen molar-refractivity contribution < 1.29 is 14.3 Å². The summed E-state index contributed by atoms with van der Waals surface area (Å²) >= 11 is 0. The van der Waals surface area contributed by atoms with Gasteiger partial charge in [-0.05, 0) is 67.5 Å². The topological polar surface area (TPSA) is 61.9 Å². The van der Waals surface area contributed by atoms with Gasteiger partial charge in [-0.25, -0.2) is 4.79 Å². The fourth-order valence-electron chi connectivity index (χ4n) is 3.74. The molecule has 2 rings (SSSR count). The van der Waals surface area contributed by atoms with Crippen molar-refractivity contribution in [3.8, 4) is 0 Å². The molecule has 0 saturated carbocycles. The molecule has 2 amide bonds. The predicted molar refractivity (Wildman–Crippen MR) is 93.8 cm³/mol. The first-order chi connectivity index (χ1) is 11.0. The first-order valence-corrected chi connectivity index (χ1v) is 8.98. The maximum Gasteiger partial charge on any atom is 0.408 e. The number of nitrogens with zero attached hydrogens (tertiary/aromatic N) is 2. The molecule has 0 unspecified atom stereocenters. The van der Waals surface area contributed by atoms with Crippen molar-refractivity contribution in [1.82, 2.24) is 15.1 Å². The standard InChI is InChI=1S/C18H33N3O3/c1-17(2,3)24-16(23)19-18(4,5)11-15(22)21-13-7-8-14(21)12-20(6)10-9-13/h13-14H,7-12H2,1-6H3,(H,19,23)/t13-,14+/m0/s1. The molecular formula is C18H33N3O3. The van der Waals surface area contributed by atoms with Crippen LogP contribution < -0.4 is 5.32 Å². The molecule has 2 bridgehead atoms. The molecule has 2 aliphatic rings. The molecule has 2 heterocycles. The van der Waals surface area contributed by atoms with E-state index in [1.165, 1.54) is 0 Å². The van der Waals surface area contributed by atoms with Crippen LogP contribution in [0.15, 0.2) is 0 Å². The Kier molecular flexibility index (Phi) is 5.47. The van der Waals surface area contributed by atoms with Gasteiger partial charge in [0, 0.05) is 30.6 Å². The third kappa shape index (κ3) is 5.10. The van der Waals surface area contributed by atoms with Crippen molar-refractivity contribution in [2.45, 2.75) is 83.5 Å². The summed E-state index contributed by atoms with van der Waals surface area (Å²) in [5.41, 5.74) is -1.17. The van der Waals surface area contributed by atoms with Crippen LogP contribution >= 0.6 is 0 Å². The number of carbonyl (C=O) groups is 2. The molecular weight excluding hydrogens is 306 g/mol. The second-order valence-electron chi connectivity index (χ2n) is 8.92. The smallest absolute Gasteiger partial charge is 0.408 e. The lowest BCUT2D eigenvalue weighted by Crippen LogP contribution is -2.51. The Morgan fingerprint density at radius 1 is 1.08 bits per heavy atom. The molecule has 1 N–H and O–H groups in total. The van der Waals surface area contributed by atoms with Gasteiger partial charge in [0.25, 0.3) is 0 Å². The highest BCUT2D eigenvalue weighted by molar-refractivity contribution is 5.79. The molecule has 0 aliphatic carbocycles. The first-order valence-electron chi connectivity index (χ1n) is 8.98. The average molecular weight is 339 g/mol. The van der Waals surface area contributed by atoms with Crippen LogP contribution in [0, 0.1) is 0 Å². The van der Waals surface area contributed by atoms with Gasteiger partial charge in [0.05, 0.1) is 0 Å². The van der Waals surface area contributed by atoms with Crippen LogP contribution in [-0.2, 0) is 9.53 Å². The van der Waals surface area contributed by atoms with E-state index in [4.69, 9.17) is 4.74 Å². The minimum Gasteiger partial charge on any atom is -0.444 e. The summed E-state index contributed by atoms with van der Waals surface area (Å²) in [4.78, 5) is 29.3. The van der Waals surface area contributed by atoms with Crippen molar-refractivity contribution >= 4 is 12.0 Å². The van der Waals surface area contributed by atoms with Crippen molar-refractivity contribution in [2.24, 2.45) is 0 Å². The predicted octanol–water partition coefficient (Wildman–Crippen LogP) is 2.37. The van der Waals surface area contributed by atoms with E-state index in [9.17, 15) is 9.59 Å². The Hall–Kier alpha value is -1.30. The normalized spacial score (nSPS) is 25.3. The lowest BCUT2D eigenvalue weighted by molar-refractivity contribution is -0.135. The summed E-state index contributed by atoms with van der Waals surface area (Å²) in [5.74, 6) is 0.138. The molecule has 2 fully saturated rings. The van der Waals surface area contributed by atoms with Crippen LogP contribution in [0.5, 0.6) is 0 Å². The molecule has 2 saturated heterocycles. The minimum absolute atomic E-state index is 0.138. The van der Waals surface area contributed by atoms with Gasteiger partial charge in [-0.3, -0.25) is 4.79 Å². The number of carbonyl (C=O) groups excluding carboxylic acids is 2. The van der Waals surface area contributed by atoms with Crippen LogP contribution in [0.3, 0.4) is 0 Å². The van der Waals surface area contributed by atoms with Gasteiger partial charge in [0.15, 0.2) is 0 Å². The van der Waals surface area contributed by atoms with Crippen molar-refractivity contribution in [3.63, 3.8) is 0 Å². The molecule has 0 aromatic rings. The van der Waals surface area contributed by atoms with Gasteiger partial charge in [-0.2, -0.15) is 0 Å². The number of rotatable bonds is 3. The molecule has 0 spiro atoms. The van der Waals surface area contributed by atoms with Gasteiger partial charge in [-0.1, -0.05) is 0 Å². The maximum atomic E-state index is 12.9. The first kappa shape index (κ1) is 19.0. The molecule has 0 aromatic heterocycles. The number of fused-ring (bicyclic) bond motifs is 2. The highest BCUT2D eigenvalue weighted by Crippen LogP contribution is 2.31. The SMILES string of the molecule is CN1CC[C@@H]2CC[C@H](C1)N2C(=O)CC(C)(C)NC(=O)OC(C)(C)C. The maximum absolute atomic E-state index is 12.9. The fourth-order valence-corrected chi connectivity index (χ4v) is 3.74.